The Morgan fingerprint density at radius 1 is 1.18 bits per heavy atom. The average molecular weight is 300 g/mol. The first kappa shape index (κ1) is 14.8. The van der Waals surface area contributed by atoms with Crippen molar-refractivity contribution < 1.29 is 9.84 Å². The lowest BCUT2D eigenvalue weighted by molar-refractivity contribution is 0.0217. The molecule has 0 amide bonds. The summed E-state index contributed by atoms with van der Waals surface area (Å²) in [7, 11) is 0. The zero-order chi connectivity index (χ0) is 13.2. The number of aliphatic hydroxyl groups excluding tert-OH is 1. The molecule has 4 nitrogen and oxygen atoms in total. The summed E-state index contributed by atoms with van der Waals surface area (Å²) in [5, 5.41) is 9.80. The third-order valence-electron chi connectivity index (χ3n) is 2.14. The molecule has 1 N–H and O–H groups in total. The predicted octanol–water partition coefficient (Wildman–Crippen LogP) is 3.22. The third kappa shape index (κ3) is 4.14. The van der Waals surface area contributed by atoms with Gasteiger partial charge in [-0.2, -0.15) is 0 Å². The highest BCUT2D eigenvalue weighted by atomic mass is 35.5. The van der Waals surface area contributed by atoms with Crippen LogP contribution in [-0.2, 0) is 0 Å². The van der Waals surface area contributed by atoms with E-state index in [4.69, 9.17) is 39.5 Å². The number of ether oxygens (including phenoxy) is 1. The van der Waals surface area contributed by atoms with Gasteiger partial charge in [0.2, 0.25) is 5.28 Å². The van der Waals surface area contributed by atoms with Crippen LogP contribution in [0.4, 0.5) is 0 Å². The quantitative estimate of drug-likeness (QED) is 0.688. The highest BCUT2D eigenvalue weighted by Crippen LogP contribution is 2.31. The van der Waals surface area contributed by atoms with Gasteiger partial charge in [-0.05, 0) is 17.0 Å². The van der Waals surface area contributed by atoms with Crippen LogP contribution in [0.2, 0.25) is 15.6 Å². The third-order valence-corrected chi connectivity index (χ3v) is 2.82. The van der Waals surface area contributed by atoms with Crippen molar-refractivity contribution in [1.29, 1.82) is 0 Å². The number of hydrogen-bond acceptors (Lipinski definition) is 4. The Labute approximate surface area is 115 Å². The smallest absolute Gasteiger partial charge is 0.225 e. The van der Waals surface area contributed by atoms with E-state index in [0.29, 0.717) is 0 Å². The minimum Gasteiger partial charge on any atom is -0.485 e. The Balaban J connectivity index is 2.77. The van der Waals surface area contributed by atoms with Crippen LogP contribution in [0.1, 0.15) is 20.8 Å². The fraction of sp³-hybridized carbons (Fsp3) is 0.600. The molecule has 1 aromatic heterocycles. The summed E-state index contributed by atoms with van der Waals surface area (Å²) >= 11 is 17.2. The van der Waals surface area contributed by atoms with Gasteiger partial charge in [0, 0.05) is 0 Å². The van der Waals surface area contributed by atoms with E-state index in [1.165, 1.54) is 0 Å². The van der Waals surface area contributed by atoms with Gasteiger partial charge in [0.15, 0.2) is 16.1 Å². The molecule has 96 valence electrons. The number of rotatable bonds is 3. The van der Waals surface area contributed by atoms with E-state index in [0.717, 1.165) is 0 Å². The van der Waals surface area contributed by atoms with Crippen molar-refractivity contribution in [2.45, 2.75) is 26.9 Å². The fourth-order valence-electron chi connectivity index (χ4n) is 0.905. The van der Waals surface area contributed by atoms with Gasteiger partial charge in [-0.15, -0.1) is 0 Å². The van der Waals surface area contributed by atoms with E-state index in [1.807, 2.05) is 20.8 Å². The van der Waals surface area contributed by atoms with Crippen molar-refractivity contribution in [3.05, 3.63) is 15.6 Å². The molecule has 1 aromatic rings. The minimum atomic E-state index is -0.662. The summed E-state index contributed by atoms with van der Waals surface area (Å²) in [6, 6.07) is 0. The Hall–Kier alpha value is -0.290. The van der Waals surface area contributed by atoms with Crippen molar-refractivity contribution in [2.75, 3.05) is 6.61 Å². The molecule has 1 heterocycles. The minimum absolute atomic E-state index is 0.0242. The van der Waals surface area contributed by atoms with E-state index in [9.17, 15) is 5.11 Å². The summed E-state index contributed by atoms with van der Waals surface area (Å²) in [5.41, 5.74) is -0.299. The van der Waals surface area contributed by atoms with E-state index in [2.05, 4.69) is 9.97 Å². The molecular weight excluding hydrogens is 286 g/mol. The second kappa shape index (κ2) is 5.57. The Morgan fingerprint density at radius 2 is 1.65 bits per heavy atom. The fourth-order valence-corrected chi connectivity index (χ4v) is 1.66. The van der Waals surface area contributed by atoms with Gasteiger partial charge in [0.1, 0.15) is 6.61 Å². The lowest BCUT2D eigenvalue weighted by Crippen LogP contribution is -2.32. The van der Waals surface area contributed by atoms with Crippen LogP contribution in [0, 0.1) is 5.41 Å². The van der Waals surface area contributed by atoms with Crippen molar-refractivity contribution >= 4 is 34.8 Å². The van der Waals surface area contributed by atoms with Gasteiger partial charge in [-0.3, -0.25) is 0 Å². The topological polar surface area (TPSA) is 55.2 Å². The Kier molecular flexibility index (Phi) is 4.84. The largest absolute Gasteiger partial charge is 0.485 e. The highest BCUT2D eigenvalue weighted by molar-refractivity contribution is 6.37. The van der Waals surface area contributed by atoms with Crippen molar-refractivity contribution in [1.82, 2.24) is 9.97 Å². The van der Waals surface area contributed by atoms with Gasteiger partial charge < -0.3 is 9.84 Å². The first-order valence-corrected chi connectivity index (χ1v) is 6.04. The molecule has 0 saturated heterocycles. The van der Waals surface area contributed by atoms with Crippen LogP contribution < -0.4 is 4.74 Å². The summed E-state index contributed by atoms with van der Waals surface area (Å²) in [4.78, 5) is 7.41. The van der Waals surface area contributed by atoms with Gasteiger partial charge >= 0.3 is 0 Å². The normalized spacial score (nSPS) is 13.6. The molecule has 0 bridgehead atoms. The highest BCUT2D eigenvalue weighted by Gasteiger charge is 2.24. The molecular formula is C10H13Cl3N2O2. The van der Waals surface area contributed by atoms with Crippen LogP contribution >= 0.6 is 34.8 Å². The molecule has 0 unspecified atom stereocenters. The first-order chi connectivity index (χ1) is 7.71. The summed E-state index contributed by atoms with van der Waals surface area (Å²) < 4.78 is 5.31. The number of nitrogens with zero attached hydrogens (tertiary/aromatic N) is 2. The molecule has 1 atom stereocenters. The Bertz CT molecular complexity index is 384. The molecule has 0 spiro atoms. The number of aliphatic hydroxyl groups is 1. The van der Waals surface area contributed by atoms with Crippen LogP contribution in [0.3, 0.4) is 0 Å². The molecule has 0 fully saturated rings. The van der Waals surface area contributed by atoms with Gasteiger partial charge in [0.05, 0.1) is 6.10 Å². The summed E-state index contributed by atoms with van der Waals surface area (Å²) in [6.45, 7) is 5.72. The van der Waals surface area contributed by atoms with E-state index in [-0.39, 0.29) is 33.4 Å². The maximum atomic E-state index is 9.81. The predicted molar refractivity (Wildman–Crippen MR) is 68.0 cm³/mol. The van der Waals surface area contributed by atoms with E-state index < -0.39 is 6.10 Å². The molecule has 0 aliphatic carbocycles. The first-order valence-electron chi connectivity index (χ1n) is 4.91. The maximum Gasteiger partial charge on any atom is 0.225 e. The molecule has 0 radical (unpaired) electrons. The molecule has 1 rings (SSSR count). The average Bonchev–Trinajstić information content (AvgIpc) is 2.13. The summed E-state index contributed by atoms with van der Waals surface area (Å²) in [5.74, 6) is 0.126. The monoisotopic (exact) mass is 298 g/mol. The van der Waals surface area contributed by atoms with Crippen LogP contribution in [0.25, 0.3) is 0 Å². The second-order valence-corrected chi connectivity index (χ2v) is 5.65. The van der Waals surface area contributed by atoms with Crippen molar-refractivity contribution in [3.8, 4) is 5.75 Å². The zero-order valence-electron chi connectivity index (χ0n) is 9.67. The molecule has 7 heteroatoms. The van der Waals surface area contributed by atoms with Gasteiger partial charge in [-0.1, -0.05) is 44.0 Å². The van der Waals surface area contributed by atoms with Gasteiger partial charge in [0.25, 0.3) is 0 Å². The Morgan fingerprint density at radius 3 is 2.06 bits per heavy atom. The number of hydrogen-bond donors (Lipinski definition) is 1. The lowest BCUT2D eigenvalue weighted by Gasteiger charge is -2.25. The number of halogens is 3. The maximum absolute atomic E-state index is 9.81. The molecule has 0 aliphatic rings. The van der Waals surface area contributed by atoms with Crippen LogP contribution in [0.15, 0.2) is 0 Å². The van der Waals surface area contributed by atoms with Gasteiger partial charge in [-0.25, -0.2) is 9.97 Å². The van der Waals surface area contributed by atoms with Crippen molar-refractivity contribution in [3.63, 3.8) is 0 Å². The van der Waals surface area contributed by atoms with E-state index in [1.54, 1.807) is 0 Å². The number of aromatic nitrogens is 2. The molecule has 0 saturated carbocycles. The zero-order valence-corrected chi connectivity index (χ0v) is 11.9. The standard InChI is InChI=1S/C10H13Cl3N2O2/c1-10(2,3)5(16)4-17-6-7(11)14-9(13)15-8(6)12/h5,16H,4H2,1-3H3/t5-/m0/s1. The second-order valence-electron chi connectivity index (χ2n) is 4.60. The summed E-state index contributed by atoms with van der Waals surface area (Å²) in [6.07, 6.45) is -0.662. The molecule has 0 aromatic carbocycles. The lowest BCUT2D eigenvalue weighted by atomic mass is 9.90. The van der Waals surface area contributed by atoms with Crippen LogP contribution in [0.5, 0.6) is 5.75 Å². The SMILES string of the molecule is CC(C)(C)[C@@H](O)COc1c(Cl)nc(Cl)nc1Cl. The molecule has 17 heavy (non-hydrogen) atoms. The van der Waals surface area contributed by atoms with Crippen LogP contribution in [-0.4, -0.2) is 27.8 Å². The van der Waals surface area contributed by atoms with E-state index >= 15 is 0 Å². The molecule has 0 aliphatic heterocycles. The van der Waals surface area contributed by atoms with Crippen molar-refractivity contribution in [2.24, 2.45) is 5.41 Å².